The lowest BCUT2D eigenvalue weighted by Crippen LogP contribution is -2.26. The molecule has 0 aliphatic carbocycles. The molecule has 0 bridgehead atoms. The molecule has 6 nitrogen and oxygen atoms in total. The number of rotatable bonds is 2. The molecule has 1 aliphatic rings. The molecule has 0 fully saturated rings. The molecule has 3 N–H and O–H groups in total. The van der Waals surface area contributed by atoms with Crippen molar-refractivity contribution in [1.29, 1.82) is 0 Å². The van der Waals surface area contributed by atoms with Gasteiger partial charge in [-0.05, 0) is 0 Å². The minimum Gasteiger partial charge on any atom is -0.476 e. The number of hydrogen-bond acceptors (Lipinski definition) is 6. The average molecular weight is 293 g/mol. The molecule has 1 aliphatic heterocycles. The molecule has 0 spiro atoms. The standard InChI is InChI=1S/C7H8N4O2S.BrH/c12-5(13)4-3-14-7(10-4)11-6-8-1-2-9-6;/h3H,1-2H2,(H,12,13)(H2,8,9,10,11);1H. The van der Waals surface area contributed by atoms with E-state index in [0.717, 1.165) is 13.1 Å². The molecule has 2 rings (SSSR count). The third-order valence-corrected chi connectivity index (χ3v) is 2.38. The number of carbonyl (C=O) groups is 1. The van der Waals surface area contributed by atoms with Crippen molar-refractivity contribution in [3.05, 3.63) is 11.1 Å². The maximum Gasteiger partial charge on any atom is 0.355 e. The van der Waals surface area contributed by atoms with Gasteiger partial charge in [0.1, 0.15) is 0 Å². The van der Waals surface area contributed by atoms with Crippen molar-refractivity contribution in [1.82, 2.24) is 10.3 Å². The maximum atomic E-state index is 10.5. The van der Waals surface area contributed by atoms with Gasteiger partial charge in [0.05, 0.1) is 6.54 Å². The monoisotopic (exact) mass is 292 g/mol. The highest BCUT2D eigenvalue weighted by molar-refractivity contribution is 8.93. The van der Waals surface area contributed by atoms with Crippen LogP contribution in [0.5, 0.6) is 0 Å². The molecule has 0 unspecified atom stereocenters. The molecule has 0 atom stereocenters. The minimum absolute atomic E-state index is 0. The zero-order valence-electron chi connectivity index (χ0n) is 7.56. The minimum atomic E-state index is -1.02. The number of aromatic nitrogens is 1. The Hall–Kier alpha value is -1.15. The van der Waals surface area contributed by atoms with E-state index in [9.17, 15) is 4.79 Å². The van der Waals surface area contributed by atoms with Gasteiger partial charge in [0.15, 0.2) is 16.8 Å². The molecule has 0 saturated carbocycles. The molecule has 82 valence electrons. The van der Waals surface area contributed by atoms with Crippen molar-refractivity contribution >= 4 is 45.4 Å². The van der Waals surface area contributed by atoms with Crippen LogP contribution in [0.25, 0.3) is 0 Å². The van der Waals surface area contributed by atoms with Crippen molar-refractivity contribution in [3.63, 3.8) is 0 Å². The van der Waals surface area contributed by atoms with E-state index < -0.39 is 5.97 Å². The second-order valence-electron chi connectivity index (χ2n) is 2.63. The highest BCUT2D eigenvalue weighted by Crippen LogP contribution is 2.15. The van der Waals surface area contributed by atoms with Crippen LogP contribution in [0.3, 0.4) is 0 Å². The quantitative estimate of drug-likeness (QED) is 0.750. The van der Waals surface area contributed by atoms with E-state index >= 15 is 0 Å². The SMILES string of the molecule is Br.O=C(O)c1csc(NC2=NCCN2)n1. The summed E-state index contributed by atoms with van der Waals surface area (Å²) in [5.74, 6) is -0.369. The predicted octanol–water partition coefficient (Wildman–Crippen LogP) is 0.790. The molecule has 2 heterocycles. The maximum absolute atomic E-state index is 10.5. The third-order valence-electron chi connectivity index (χ3n) is 1.62. The summed E-state index contributed by atoms with van der Waals surface area (Å²) in [6, 6.07) is 0. The van der Waals surface area contributed by atoms with E-state index in [-0.39, 0.29) is 22.7 Å². The lowest BCUT2D eigenvalue weighted by atomic mass is 10.5. The first-order valence-electron chi connectivity index (χ1n) is 4.00. The number of nitrogens with one attached hydrogen (secondary N) is 2. The van der Waals surface area contributed by atoms with Crippen LogP contribution in [0.15, 0.2) is 10.4 Å². The second kappa shape index (κ2) is 5.08. The second-order valence-corrected chi connectivity index (χ2v) is 3.48. The zero-order valence-corrected chi connectivity index (χ0v) is 10.1. The molecule has 0 radical (unpaired) electrons. The van der Waals surface area contributed by atoms with Gasteiger partial charge in [-0.25, -0.2) is 9.78 Å². The van der Waals surface area contributed by atoms with E-state index in [0.29, 0.717) is 11.1 Å². The Balaban J connectivity index is 0.00000112. The lowest BCUT2D eigenvalue weighted by molar-refractivity contribution is 0.0691. The molecule has 0 saturated heterocycles. The summed E-state index contributed by atoms with van der Waals surface area (Å²) in [7, 11) is 0. The fourth-order valence-electron chi connectivity index (χ4n) is 1.01. The summed E-state index contributed by atoms with van der Waals surface area (Å²) in [5.41, 5.74) is 0.0519. The summed E-state index contributed by atoms with van der Waals surface area (Å²) >= 11 is 1.24. The number of thiazole rings is 1. The van der Waals surface area contributed by atoms with Gasteiger partial charge in [-0.2, -0.15) is 0 Å². The number of carboxylic acids is 1. The van der Waals surface area contributed by atoms with E-state index in [4.69, 9.17) is 5.11 Å². The van der Waals surface area contributed by atoms with Crippen molar-refractivity contribution in [2.45, 2.75) is 0 Å². The normalized spacial score (nSPS) is 13.7. The Morgan fingerprint density at radius 1 is 1.67 bits per heavy atom. The van der Waals surface area contributed by atoms with Crippen LogP contribution in [-0.4, -0.2) is 35.1 Å². The Morgan fingerprint density at radius 2 is 2.47 bits per heavy atom. The topological polar surface area (TPSA) is 86.6 Å². The zero-order chi connectivity index (χ0) is 9.97. The van der Waals surface area contributed by atoms with Gasteiger partial charge >= 0.3 is 5.97 Å². The van der Waals surface area contributed by atoms with E-state index in [2.05, 4.69) is 20.6 Å². The Kier molecular flexibility index (Phi) is 4.04. The Labute approximate surface area is 100 Å². The number of aromatic carboxylic acids is 1. The number of nitrogens with zero attached hydrogens (tertiary/aromatic N) is 2. The van der Waals surface area contributed by atoms with Crippen LogP contribution < -0.4 is 10.6 Å². The van der Waals surface area contributed by atoms with Crippen molar-refractivity contribution in [2.24, 2.45) is 4.99 Å². The van der Waals surface area contributed by atoms with Crippen molar-refractivity contribution in [3.8, 4) is 0 Å². The largest absolute Gasteiger partial charge is 0.476 e. The number of hydrogen-bond donors (Lipinski definition) is 3. The summed E-state index contributed by atoms with van der Waals surface area (Å²) in [6.07, 6.45) is 0. The van der Waals surface area contributed by atoms with Gasteiger partial charge in [-0.15, -0.1) is 28.3 Å². The number of anilines is 1. The van der Waals surface area contributed by atoms with Crippen LogP contribution in [0, 0.1) is 0 Å². The van der Waals surface area contributed by atoms with Gasteiger partial charge in [0.2, 0.25) is 0 Å². The molecule has 0 aromatic carbocycles. The molecule has 15 heavy (non-hydrogen) atoms. The average Bonchev–Trinajstić information content (AvgIpc) is 2.75. The van der Waals surface area contributed by atoms with Crippen molar-refractivity contribution in [2.75, 3.05) is 18.4 Å². The summed E-state index contributed by atoms with van der Waals surface area (Å²) in [6.45, 7) is 1.54. The summed E-state index contributed by atoms with van der Waals surface area (Å²) < 4.78 is 0. The lowest BCUT2D eigenvalue weighted by Gasteiger charge is -2.00. The number of carboxylic acid groups (broad SMARTS) is 1. The summed E-state index contributed by atoms with van der Waals surface area (Å²) in [5, 5.41) is 16.6. The number of aliphatic imine (C=N–C) groups is 1. The fourth-order valence-corrected chi connectivity index (χ4v) is 1.70. The highest BCUT2D eigenvalue weighted by atomic mass is 79.9. The Bertz CT molecular complexity index is 392. The van der Waals surface area contributed by atoms with Crippen LogP contribution in [0.1, 0.15) is 10.5 Å². The van der Waals surface area contributed by atoms with E-state index in [1.165, 1.54) is 16.7 Å². The first-order valence-corrected chi connectivity index (χ1v) is 4.88. The predicted molar refractivity (Wildman–Crippen MR) is 63.3 cm³/mol. The molecule has 0 amide bonds. The van der Waals surface area contributed by atoms with Gasteiger partial charge in [0.25, 0.3) is 0 Å². The van der Waals surface area contributed by atoms with Gasteiger partial charge in [-0.3, -0.25) is 4.99 Å². The molecular formula is C7H9BrN4O2S. The smallest absolute Gasteiger partial charge is 0.355 e. The first-order chi connectivity index (χ1) is 6.75. The highest BCUT2D eigenvalue weighted by Gasteiger charge is 2.11. The first kappa shape index (κ1) is 11.9. The molecule has 8 heteroatoms. The molecule has 1 aromatic rings. The van der Waals surface area contributed by atoms with Crippen LogP contribution in [0.2, 0.25) is 0 Å². The van der Waals surface area contributed by atoms with Crippen LogP contribution in [0.4, 0.5) is 5.13 Å². The van der Waals surface area contributed by atoms with E-state index in [1.807, 2.05) is 0 Å². The number of guanidine groups is 1. The van der Waals surface area contributed by atoms with Crippen LogP contribution in [-0.2, 0) is 0 Å². The van der Waals surface area contributed by atoms with Gasteiger partial charge in [-0.1, -0.05) is 0 Å². The fraction of sp³-hybridized carbons (Fsp3) is 0.286. The van der Waals surface area contributed by atoms with E-state index in [1.54, 1.807) is 0 Å². The third kappa shape index (κ3) is 2.90. The molecule has 1 aromatic heterocycles. The summed E-state index contributed by atoms with van der Waals surface area (Å²) in [4.78, 5) is 18.5. The van der Waals surface area contributed by atoms with Gasteiger partial charge in [0, 0.05) is 11.9 Å². The number of halogens is 1. The Morgan fingerprint density at radius 3 is 3.00 bits per heavy atom. The van der Waals surface area contributed by atoms with Gasteiger partial charge < -0.3 is 15.7 Å². The molecular weight excluding hydrogens is 284 g/mol. The van der Waals surface area contributed by atoms with Crippen LogP contribution >= 0.6 is 28.3 Å². The van der Waals surface area contributed by atoms with Crippen molar-refractivity contribution < 1.29 is 9.90 Å².